The van der Waals surface area contributed by atoms with Gasteiger partial charge in [0.2, 0.25) is 0 Å². The highest BCUT2D eigenvalue weighted by atomic mass is 28.3. The lowest BCUT2D eigenvalue weighted by Gasteiger charge is -2.22. The summed E-state index contributed by atoms with van der Waals surface area (Å²) < 4.78 is 0. The molecule has 0 N–H and O–H groups in total. The summed E-state index contributed by atoms with van der Waals surface area (Å²) in [4.78, 5) is 0. The minimum Gasteiger partial charge on any atom is -0.134 e. The lowest BCUT2D eigenvalue weighted by Crippen LogP contribution is -2.24. The molecular weight excluding hydrogens is 208 g/mol. The summed E-state index contributed by atoms with van der Waals surface area (Å²) in [6.45, 7) is 17.7. The van der Waals surface area contributed by atoms with E-state index in [1.807, 2.05) is 0 Å². The first kappa shape index (κ1) is 15.5. The summed E-state index contributed by atoms with van der Waals surface area (Å²) in [7, 11) is -1.18. The van der Waals surface area contributed by atoms with Gasteiger partial charge in [-0.1, -0.05) is 44.8 Å². The van der Waals surface area contributed by atoms with Crippen molar-refractivity contribution in [2.45, 2.75) is 59.7 Å². The number of allylic oxidation sites excluding steroid dienone is 3. The summed E-state index contributed by atoms with van der Waals surface area (Å²) in [5, 5.41) is 1.50. The zero-order valence-electron chi connectivity index (χ0n) is 12.0. The van der Waals surface area contributed by atoms with Gasteiger partial charge in [0.25, 0.3) is 0 Å². The third-order valence-corrected chi connectivity index (χ3v) is 5.07. The third kappa shape index (κ3) is 6.87. The molecule has 0 saturated heterocycles. The van der Waals surface area contributed by atoms with Gasteiger partial charge in [0.1, 0.15) is 0 Å². The van der Waals surface area contributed by atoms with Crippen LogP contribution in [0.1, 0.15) is 40.0 Å². The Morgan fingerprint density at radius 3 is 2.25 bits per heavy atom. The molecule has 0 aliphatic carbocycles. The lowest BCUT2D eigenvalue weighted by atomic mass is 10.0. The standard InChI is InChI=1S/C15H28Si/c1-8-15(16(5,6)7)12-14(4)11-9-10-13(2)3/h10,14H,1,9,11-12H2,2-7H3. The Hall–Kier alpha value is -0.523. The van der Waals surface area contributed by atoms with E-state index in [1.54, 1.807) is 0 Å². The Bertz CT molecular complexity index is 281. The Labute approximate surface area is 103 Å². The van der Waals surface area contributed by atoms with Crippen molar-refractivity contribution in [3.8, 4) is 0 Å². The van der Waals surface area contributed by atoms with Gasteiger partial charge < -0.3 is 0 Å². The first-order valence-electron chi connectivity index (χ1n) is 6.30. The maximum atomic E-state index is 3.85. The Morgan fingerprint density at radius 1 is 1.31 bits per heavy atom. The number of hydrogen-bond donors (Lipinski definition) is 0. The second kappa shape index (κ2) is 6.93. The number of rotatable bonds is 6. The molecule has 1 atom stereocenters. The number of hydrogen-bond acceptors (Lipinski definition) is 0. The molecular formula is C15H28Si. The molecule has 1 unspecified atom stereocenters. The molecule has 0 radical (unpaired) electrons. The van der Waals surface area contributed by atoms with Crippen LogP contribution < -0.4 is 0 Å². The van der Waals surface area contributed by atoms with Gasteiger partial charge in [-0.15, -0.1) is 5.73 Å². The third-order valence-electron chi connectivity index (χ3n) is 2.88. The molecule has 92 valence electrons. The molecule has 0 amide bonds. The maximum Gasteiger partial charge on any atom is 0.0823 e. The lowest BCUT2D eigenvalue weighted by molar-refractivity contribution is 0.540. The van der Waals surface area contributed by atoms with Crippen molar-refractivity contribution in [3.63, 3.8) is 0 Å². The normalized spacial score (nSPS) is 12.9. The highest BCUT2D eigenvalue weighted by Crippen LogP contribution is 2.23. The molecule has 0 saturated carbocycles. The molecule has 0 aromatic heterocycles. The van der Waals surface area contributed by atoms with E-state index in [4.69, 9.17) is 0 Å². The molecule has 0 bridgehead atoms. The smallest absolute Gasteiger partial charge is 0.0823 e. The van der Waals surface area contributed by atoms with Crippen molar-refractivity contribution < 1.29 is 0 Å². The Morgan fingerprint density at radius 2 is 1.88 bits per heavy atom. The van der Waals surface area contributed by atoms with Crippen molar-refractivity contribution in [1.82, 2.24) is 0 Å². The van der Waals surface area contributed by atoms with Crippen LogP contribution in [0, 0.1) is 5.92 Å². The van der Waals surface area contributed by atoms with E-state index in [0.29, 0.717) is 0 Å². The van der Waals surface area contributed by atoms with Crippen LogP contribution in [0.2, 0.25) is 19.6 Å². The second-order valence-corrected chi connectivity index (χ2v) is 11.2. The predicted molar refractivity (Wildman–Crippen MR) is 78.4 cm³/mol. The van der Waals surface area contributed by atoms with Crippen LogP contribution in [0.4, 0.5) is 0 Å². The highest BCUT2D eigenvalue weighted by Gasteiger charge is 2.20. The van der Waals surface area contributed by atoms with Crippen molar-refractivity contribution in [1.29, 1.82) is 0 Å². The predicted octanol–water partition coefficient (Wildman–Crippen LogP) is 5.35. The molecule has 0 rings (SSSR count). The average molecular weight is 236 g/mol. The molecule has 0 nitrogen and oxygen atoms in total. The fraction of sp³-hybridized carbons (Fsp3) is 0.667. The summed E-state index contributed by atoms with van der Waals surface area (Å²) >= 11 is 0. The molecule has 0 spiro atoms. The molecule has 0 aliphatic heterocycles. The summed E-state index contributed by atoms with van der Waals surface area (Å²) in [5.74, 6) is 0.756. The van der Waals surface area contributed by atoms with Gasteiger partial charge in [-0.25, -0.2) is 0 Å². The molecule has 0 fully saturated rings. The van der Waals surface area contributed by atoms with Gasteiger partial charge in [-0.2, -0.15) is 0 Å². The van der Waals surface area contributed by atoms with Gasteiger partial charge in [-0.05, 0) is 44.2 Å². The Kier molecular flexibility index (Phi) is 6.70. The van der Waals surface area contributed by atoms with Crippen molar-refractivity contribution in [2.75, 3.05) is 0 Å². The van der Waals surface area contributed by atoms with E-state index in [-0.39, 0.29) is 0 Å². The van der Waals surface area contributed by atoms with E-state index >= 15 is 0 Å². The van der Waals surface area contributed by atoms with Gasteiger partial charge >= 0.3 is 0 Å². The summed E-state index contributed by atoms with van der Waals surface area (Å²) in [6.07, 6.45) is 6.01. The largest absolute Gasteiger partial charge is 0.134 e. The molecule has 0 aliphatic rings. The molecule has 16 heavy (non-hydrogen) atoms. The zero-order chi connectivity index (χ0) is 12.8. The van der Waals surface area contributed by atoms with Crippen molar-refractivity contribution in [2.24, 2.45) is 5.92 Å². The van der Waals surface area contributed by atoms with Gasteiger partial charge in [0.05, 0.1) is 8.07 Å². The first-order valence-corrected chi connectivity index (χ1v) is 9.80. The van der Waals surface area contributed by atoms with Crippen LogP contribution in [0.3, 0.4) is 0 Å². The molecule has 0 aromatic carbocycles. The van der Waals surface area contributed by atoms with E-state index in [0.717, 1.165) is 5.92 Å². The van der Waals surface area contributed by atoms with Crippen LogP contribution in [0.15, 0.2) is 29.2 Å². The fourth-order valence-corrected chi connectivity index (χ4v) is 3.24. The Balaban J connectivity index is 4.19. The quantitative estimate of drug-likeness (QED) is 0.331. The van der Waals surface area contributed by atoms with E-state index in [9.17, 15) is 0 Å². The SMILES string of the molecule is C=C=C(CC(C)CCC=C(C)C)[Si](C)(C)C. The van der Waals surface area contributed by atoms with E-state index in [1.165, 1.54) is 30.0 Å². The molecule has 0 aromatic rings. The van der Waals surface area contributed by atoms with Crippen molar-refractivity contribution >= 4 is 8.07 Å². The van der Waals surface area contributed by atoms with Crippen molar-refractivity contribution in [3.05, 3.63) is 29.2 Å². The van der Waals surface area contributed by atoms with Crippen LogP contribution in [-0.4, -0.2) is 8.07 Å². The highest BCUT2D eigenvalue weighted by molar-refractivity contribution is 6.83. The van der Waals surface area contributed by atoms with Gasteiger partial charge in [-0.3, -0.25) is 0 Å². The first-order chi connectivity index (χ1) is 7.27. The minimum absolute atomic E-state index is 0.756. The van der Waals surface area contributed by atoms with Crippen LogP contribution in [0.25, 0.3) is 0 Å². The molecule has 0 heterocycles. The van der Waals surface area contributed by atoms with E-state index in [2.05, 4.69) is 58.8 Å². The molecule has 1 heteroatoms. The van der Waals surface area contributed by atoms with Gasteiger partial charge in [0, 0.05) is 0 Å². The maximum absolute atomic E-state index is 3.85. The second-order valence-electron chi connectivity index (χ2n) is 6.07. The average Bonchev–Trinajstić information content (AvgIpc) is 2.11. The van der Waals surface area contributed by atoms with Crippen LogP contribution >= 0.6 is 0 Å². The topological polar surface area (TPSA) is 0 Å². The monoisotopic (exact) mass is 236 g/mol. The zero-order valence-corrected chi connectivity index (χ0v) is 13.0. The van der Waals surface area contributed by atoms with Gasteiger partial charge in [0.15, 0.2) is 0 Å². The summed E-state index contributed by atoms with van der Waals surface area (Å²) in [6, 6.07) is 0. The fourth-order valence-electron chi connectivity index (χ4n) is 1.75. The van der Waals surface area contributed by atoms with Crippen LogP contribution in [0.5, 0.6) is 0 Å². The van der Waals surface area contributed by atoms with Crippen LogP contribution in [-0.2, 0) is 0 Å². The minimum atomic E-state index is -1.18. The summed E-state index contributed by atoms with van der Waals surface area (Å²) in [5.41, 5.74) is 4.61. The van der Waals surface area contributed by atoms with E-state index < -0.39 is 8.07 Å².